The molecule has 1 N–H and O–H groups in total. The molecule has 8 atom stereocenters. The minimum atomic E-state index is 0.292. The number of amides is 1. The monoisotopic (exact) mass is 359 g/mol. The first-order valence-corrected chi connectivity index (χ1v) is 11.4. The molecule has 26 heavy (non-hydrogen) atoms. The highest BCUT2D eigenvalue weighted by atomic mass is 16.5. The van der Waals surface area contributed by atoms with Gasteiger partial charge < -0.3 is 10.1 Å². The van der Waals surface area contributed by atoms with Crippen molar-refractivity contribution in [2.45, 2.75) is 103 Å². The SMILES string of the molecule is CCC1CC2NC(=O)CC[C@]2(C)[C@@H]2CC[C@]3(C)C(OC4CC4)CC[C@H]3[C@H]12. The third-order valence-corrected chi connectivity index (χ3v) is 9.60. The Morgan fingerprint density at radius 1 is 1.04 bits per heavy atom. The summed E-state index contributed by atoms with van der Waals surface area (Å²) in [5, 5.41) is 3.40. The minimum Gasteiger partial charge on any atom is -0.374 e. The van der Waals surface area contributed by atoms with Gasteiger partial charge in [0.1, 0.15) is 0 Å². The number of ether oxygens (including phenoxy) is 1. The van der Waals surface area contributed by atoms with Crippen molar-refractivity contribution < 1.29 is 9.53 Å². The van der Waals surface area contributed by atoms with Crippen molar-refractivity contribution in [1.82, 2.24) is 5.32 Å². The van der Waals surface area contributed by atoms with Crippen LogP contribution in [0.5, 0.6) is 0 Å². The first-order chi connectivity index (χ1) is 12.5. The maximum Gasteiger partial charge on any atom is 0.220 e. The zero-order valence-corrected chi connectivity index (χ0v) is 16.9. The van der Waals surface area contributed by atoms with Crippen molar-refractivity contribution in [2.24, 2.45) is 34.5 Å². The molecular weight excluding hydrogens is 322 g/mol. The van der Waals surface area contributed by atoms with E-state index in [-0.39, 0.29) is 0 Å². The summed E-state index contributed by atoms with van der Waals surface area (Å²) in [6.45, 7) is 7.46. The highest BCUT2D eigenvalue weighted by molar-refractivity contribution is 5.77. The lowest BCUT2D eigenvalue weighted by molar-refractivity contribution is -0.153. The second-order valence-electron chi connectivity index (χ2n) is 10.8. The van der Waals surface area contributed by atoms with Gasteiger partial charge in [0.25, 0.3) is 0 Å². The first kappa shape index (κ1) is 17.5. The summed E-state index contributed by atoms with van der Waals surface area (Å²) in [7, 11) is 0. The number of piperidine rings is 1. The smallest absolute Gasteiger partial charge is 0.220 e. The van der Waals surface area contributed by atoms with Crippen LogP contribution in [0.3, 0.4) is 0 Å². The Morgan fingerprint density at radius 2 is 1.81 bits per heavy atom. The van der Waals surface area contributed by atoms with Crippen molar-refractivity contribution in [2.75, 3.05) is 0 Å². The summed E-state index contributed by atoms with van der Waals surface area (Å²) < 4.78 is 6.53. The molecule has 3 heteroatoms. The lowest BCUT2D eigenvalue weighted by atomic mass is 9.45. The van der Waals surface area contributed by atoms with Gasteiger partial charge in [-0.25, -0.2) is 0 Å². The van der Waals surface area contributed by atoms with E-state index >= 15 is 0 Å². The first-order valence-electron chi connectivity index (χ1n) is 11.4. The topological polar surface area (TPSA) is 38.3 Å². The second kappa shape index (κ2) is 5.96. The Hall–Kier alpha value is -0.570. The van der Waals surface area contributed by atoms with E-state index in [1.54, 1.807) is 0 Å². The van der Waals surface area contributed by atoms with Crippen molar-refractivity contribution in [3.05, 3.63) is 0 Å². The van der Waals surface area contributed by atoms with E-state index in [2.05, 4.69) is 26.1 Å². The second-order valence-corrected chi connectivity index (χ2v) is 10.8. The molecule has 0 radical (unpaired) electrons. The Balaban J connectivity index is 1.45. The molecule has 0 aromatic rings. The van der Waals surface area contributed by atoms with E-state index in [0.717, 1.165) is 36.5 Å². The van der Waals surface area contributed by atoms with E-state index < -0.39 is 0 Å². The minimum absolute atomic E-state index is 0.292. The van der Waals surface area contributed by atoms with Crippen LogP contribution in [0.4, 0.5) is 0 Å². The zero-order valence-electron chi connectivity index (χ0n) is 16.9. The maximum absolute atomic E-state index is 12.1. The summed E-state index contributed by atoms with van der Waals surface area (Å²) in [4.78, 5) is 12.1. The predicted octanol–water partition coefficient (Wildman–Crippen LogP) is 4.69. The Morgan fingerprint density at radius 3 is 2.54 bits per heavy atom. The largest absolute Gasteiger partial charge is 0.374 e. The van der Waals surface area contributed by atoms with Crippen LogP contribution in [0.25, 0.3) is 0 Å². The van der Waals surface area contributed by atoms with Crippen LogP contribution in [0.2, 0.25) is 0 Å². The Bertz CT molecular complexity index is 587. The number of nitrogens with one attached hydrogen (secondary N) is 1. The van der Waals surface area contributed by atoms with Crippen molar-refractivity contribution in [3.63, 3.8) is 0 Å². The number of hydrogen-bond acceptors (Lipinski definition) is 2. The quantitative estimate of drug-likeness (QED) is 0.794. The van der Waals surface area contributed by atoms with Crippen LogP contribution < -0.4 is 5.32 Å². The van der Waals surface area contributed by atoms with Crippen molar-refractivity contribution >= 4 is 5.91 Å². The van der Waals surface area contributed by atoms with E-state index in [1.807, 2.05) is 0 Å². The predicted molar refractivity (Wildman–Crippen MR) is 103 cm³/mol. The highest BCUT2D eigenvalue weighted by Gasteiger charge is 2.63. The van der Waals surface area contributed by atoms with Gasteiger partial charge in [-0.15, -0.1) is 0 Å². The summed E-state index contributed by atoms with van der Waals surface area (Å²) in [6.07, 6.45) is 13.3. The van der Waals surface area contributed by atoms with Gasteiger partial charge in [0, 0.05) is 12.5 Å². The van der Waals surface area contributed by atoms with Gasteiger partial charge in [-0.2, -0.15) is 0 Å². The summed E-state index contributed by atoms with van der Waals surface area (Å²) in [6, 6.07) is 0.416. The molecule has 5 aliphatic rings. The summed E-state index contributed by atoms with van der Waals surface area (Å²) in [5.41, 5.74) is 0.722. The van der Waals surface area contributed by atoms with Crippen LogP contribution in [0, 0.1) is 34.5 Å². The van der Waals surface area contributed by atoms with Crippen LogP contribution in [-0.2, 0) is 9.53 Å². The standard InChI is InChI=1S/C23H37NO2/c1-4-14-13-18-22(2,12-10-20(25)24-18)17-9-11-23(3)16(21(14)17)7-8-19(23)26-15-5-6-15/h14-19,21H,4-13H2,1-3H3,(H,24,25)/t14?,16-,17+,18?,19?,21-,22+,23-/m0/s1. The summed E-state index contributed by atoms with van der Waals surface area (Å²) >= 11 is 0. The molecule has 0 spiro atoms. The van der Waals surface area contributed by atoms with Crippen molar-refractivity contribution in [3.8, 4) is 0 Å². The van der Waals surface area contributed by atoms with E-state index in [0.29, 0.717) is 35.0 Å². The van der Waals surface area contributed by atoms with Crippen molar-refractivity contribution in [1.29, 1.82) is 0 Å². The molecule has 1 aliphatic heterocycles. The average molecular weight is 360 g/mol. The molecule has 4 aliphatic carbocycles. The van der Waals surface area contributed by atoms with Gasteiger partial charge in [0.15, 0.2) is 0 Å². The molecule has 1 saturated heterocycles. The van der Waals surface area contributed by atoms with E-state index in [4.69, 9.17) is 4.74 Å². The third-order valence-electron chi connectivity index (χ3n) is 9.60. The van der Waals surface area contributed by atoms with E-state index in [1.165, 1.54) is 51.4 Å². The normalized spacial score (nSPS) is 53.4. The molecule has 0 aromatic heterocycles. The van der Waals surface area contributed by atoms with Gasteiger partial charge in [0.05, 0.1) is 12.2 Å². The van der Waals surface area contributed by atoms with Gasteiger partial charge >= 0.3 is 0 Å². The number of hydrogen-bond donors (Lipinski definition) is 1. The van der Waals surface area contributed by atoms with Crippen LogP contribution in [0.1, 0.15) is 85.0 Å². The third kappa shape index (κ3) is 2.45. The molecule has 4 saturated carbocycles. The lowest BCUT2D eigenvalue weighted by Crippen LogP contribution is -2.63. The summed E-state index contributed by atoms with van der Waals surface area (Å²) in [5.74, 6) is 3.55. The fourth-order valence-electron chi connectivity index (χ4n) is 7.89. The fourth-order valence-corrected chi connectivity index (χ4v) is 7.89. The average Bonchev–Trinajstić information content (AvgIpc) is 3.37. The molecule has 5 rings (SSSR count). The van der Waals surface area contributed by atoms with Crippen LogP contribution in [0.15, 0.2) is 0 Å². The van der Waals surface area contributed by atoms with Gasteiger partial charge in [0.2, 0.25) is 5.91 Å². The molecule has 146 valence electrons. The van der Waals surface area contributed by atoms with E-state index in [9.17, 15) is 4.79 Å². The Labute approximate surface area is 159 Å². The molecule has 0 aromatic carbocycles. The number of fused-ring (bicyclic) bond motifs is 5. The highest BCUT2D eigenvalue weighted by Crippen LogP contribution is 2.66. The molecule has 0 bridgehead atoms. The number of rotatable bonds is 3. The zero-order chi connectivity index (χ0) is 18.1. The molecule has 5 fully saturated rings. The molecule has 3 unspecified atom stereocenters. The fraction of sp³-hybridized carbons (Fsp3) is 0.957. The number of carbonyl (C=O) groups excluding carboxylic acids is 1. The van der Waals surface area contributed by atoms with Gasteiger partial charge in [-0.3, -0.25) is 4.79 Å². The van der Waals surface area contributed by atoms with Gasteiger partial charge in [-0.05, 0) is 85.9 Å². The Kier molecular flexibility index (Phi) is 4.02. The van der Waals surface area contributed by atoms with Crippen LogP contribution in [-0.4, -0.2) is 24.2 Å². The maximum atomic E-state index is 12.1. The molecule has 1 heterocycles. The number of carbonyl (C=O) groups is 1. The molecular formula is C23H37NO2. The lowest BCUT2D eigenvalue weighted by Gasteiger charge is -2.62. The molecule has 1 amide bonds. The van der Waals surface area contributed by atoms with Crippen LogP contribution >= 0.6 is 0 Å². The molecule has 3 nitrogen and oxygen atoms in total. The van der Waals surface area contributed by atoms with Gasteiger partial charge in [-0.1, -0.05) is 27.2 Å².